The fourth-order valence-electron chi connectivity index (χ4n) is 7.31. The number of benzene rings is 1. The maximum atomic E-state index is 14.6. The minimum atomic E-state index is -0.854. The summed E-state index contributed by atoms with van der Waals surface area (Å²) in [7, 11) is 1.78. The molecule has 1 saturated carbocycles. The van der Waals surface area contributed by atoms with Crippen LogP contribution < -0.4 is 0 Å². The summed E-state index contributed by atoms with van der Waals surface area (Å²) in [5, 5.41) is 10.5. The van der Waals surface area contributed by atoms with Gasteiger partial charge in [0.25, 0.3) is 0 Å². The lowest BCUT2D eigenvalue weighted by atomic mass is 9.78. The molecule has 1 N–H and O–H groups in total. The van der Waals surface area contributed by atoms with Crippen LogP contribution in [0, 0.1) is 11.8 Å². The Kier molecular flexibility index (Phi) is 6.43. The summed E-state index contributed by atoms with van der Waals surface area (Å²) >= 11 is 1.60. The van der Waals surface area contributed by atoms with Crippen molar-refractivity contribution in [1.29, 1.82) is 0 Å². The second-order valence-corrected chi connectivity index (χ2v) is 12.5. The highest BCUT2D eigenvalue weighted by Crippen LogP contribution is 2.62. The monoisotopic (exact) mass is 521 g/mol. The summed E-state index contributed by atoms with van der Waals surface area (Å²) < 4.78 is -0.854. The van der Waals surface area contributed by atoms with Gasteiger partial charge < -0.3 is 19.8 Å². The number of likely N-dealkylation sites (tertiary alicyclic amines) is 1. The Hall–Kier alpha value is -2.58. The molecule has 0 aromatic heterocycles. The van der Waals surface area contributed by atoms with Gasteiger partial charge >= 0.3 is 0 Å². The highest BCUT2D eigenvalue weighted by atomic mass is 32.2. The van der Waals surface area contributed by atoms with E-state index in [0.29, 0.717) is 13.1 Å². The summed E-state index contributed by atoms with van der Waals surface area (Å²) in [6.45, 7) is 0.744. The number of rotatable bonds is 4. The molecule has 3 amide bonds. The van der Waals surface area contributed by atoms with Crippen LogP contribution in [-0.4, -0.2) is 86.4 Å². The molecule has 1 aromatic rings. The molecule has 2 saturated heterocycles. The van der Waals surface area contributed by atoms with Gasteiger partial charge in [-0.25, -0.2) is 0 Å². The van der Waals surface area contributed by atoms with Crippen LogP contribution in [0.1, 0.15) is 43.7 Å². The number of carbonyl (C=O) groups is 3. The second kappa shape index (κ2) is 9.62. The fraction of sp³-hybridized carbons (Fsp3) is 0.552. The number of aliphatic hydroxyl groups excluding tert-OH is 1. The number of amides is 3. The van der Waals surface area contributed by atoms with Crippen molar-refractivity contribution >= 4 is 29.5 Å². The molecule has 7 nitrogen and oxygen atoms in total. The molecule has 1 spiro atoms. The van der Waals surface area contributed by atoms with Gasteiger partial charge in [0.05, 0.1) is 29.2 Å². The summed E-state index contributed by atoms with van der Waals surface area (Å²) in [6.07, 6.45) is 13.5. The zero-order chi connectivity index (χ0) is 25.7. The first-order valence-corrected chi connectivity index (χ1v) is 14.4. The van der Waals surface area contributed by atoms with Crippen molar-refractivity contribution < 1.29 is 19.5 Å². The first-order valence-electron chi connectivity index (χ1n) is 13.5. The molecule has 0 radical (unpaired) electrons. The number of carbonyl (C=O) groups excluding carboxylic acids is 3. The Morgan fingerprint density at radius 3 is 2.49 bits per heavy atom. The van der Waals surface area contributed by atoms with E-state index in [4.69, 9.17) is 0 Å². The zero-order valence-electron chi connectivity index (χ0n) is 21.2. The second-order valence-electron chi connectivity index (χ2n) is 11.0. The van der Waals surface area contributed by atoms with Crippen molar-refractivity contribution in [2.24, 2.45) is 11.8 Å². The predicted octanol–water partition coefficient (Wildman–Crippen LogP) is 2.78. The Morgan fingerprint density at radius 1 is 1.00 bits per heavy atom. The van der Waals surface area contributed by atoms with Crippen LogP contribution in [-0.2, 0) is 14.4 Å². The Bertz CT molecular complexity index is 1130. The maximum absolute atomic E-state index is 14.6. The molecule has 4 aliphatic heterocycles. The predicted molar refractivity (Wildman–Crippen MR) is 142 cm³/mol. The Balaban J connectivity index is 1.49. The van der Waals surface area contributed by atoms with E-state index in [-0.39, 0.29) is 35.6 Å². The van der Waals surface area contributed by atoms with Crippen LogP contribution >= 0.6 is 11.8 Å². The number of likely N-dealkylation sites (N-methyl/N-ethyl adjacent to an activating group) is 1. The van der Waals surface area contributed by atoms with Gasteiger partial charge in [0.15, 0.2) is 0 Å². The minimum absolute atomic E-state index is 0.0455. The molecule has 196 valence electrons. The van der Waals surface area contributed by atoms with E-state index in [9.17, 15) is 19.5 Å². The Labute approximate surface area is 222 Å². The van der Waals surface area contributed by atoms with Gasteiger partial charge in [-0.05, 0) is 18.4 Å². The number of fused-ring (bicyclic) bond motifs is 2. The first kappa shape index (κ1) is 24.7. The summed E-state index contributed by atoms with van der Waals surface area (Å²) in [6, 6.07) is 8.20. The molecule has 4 heterocycles. The van der Waals surface area contributed by atoms with Crippen molar-refractivity contribution in [3.05, 3.63) is 60.2 Å². The van der Waals surface area contributed by atoms with Gasteiger partial charge in [-0.1, -0.05) is 73.9 Å². The van der Waals surface area contributed by atoms with Crippen molar-refractivity contribution in [1.82, 2.24) is 14.7 Å². The molecule has 8 heteroatoms. The van der Waals surface area contributed by atoms with E-state index in [1.807, 2.05) is 41.3 Å². The van der Waals surface area contributed by atoms with Gasteiger partial charge in [0.1, 0.15) is 6.04 Å². The first-order chi connectivity index (χ1) is 18.0. The van der Waals surface area contributed by atoms with Gasteiger partial charge in [-0.2, -0.15) is 0 Å². The molecular weight excluding hydrogens is 486 g/mol. The lowest BCUT2D eigenvalue weighted by Gasteiger charge is -2.41. The van der Waals surface area contributed by atoms with Crippen molar-refractivity contribution in [2.75, 3.05) is 26.7 Å². The van der Waals surface area contributed by atoms with E-state index in [1.54, 1.807) is 28.6 Å². The number of hydrogen-bond donors (Lipinski definition) is 1. The van der Waals surface area contributed by atoms with Gasteiger partial charge in [0.2, 0.25) is 17.7 Å². The number of hydrogen-bond acceptors (Lipinski definition) is 5. The largest absolute Gasteiger partial charge is 0.394 e. The summed E-state index contributed by atoms with van der Waals surface area (Å²) in [5.41, 5.74) is 0.796. The van der Waals surface area contributed by atoms with E-state index < -0.39 is 28.7 Å². The van der Waals surface area contributed by atoms with Crippen LogP contribution in [0.25, 0.3) is 0 Å². The summed E-state index contributed by atoms with van der Waals surface area (Å²) in [5.74, 6) is -1.49. The number of nitrogens with zero attached hydrogens (tertiary/aromatic N) is 3. The third kappa shape index (κ3) is 3.78. The highest BCUT2D eigenvalue weighted by Gasteiger charge is 2.71. The van der Waals surface area contributed by atoms with E-state index in [1.165, 1.54) is 6.42 Å². The molecule has 0 bridgehead atoms. The van der Waals surface area contributed by atoms with Crippen molar-refractivity contribution in [2.45, 2.75) is 60.2 Å². The molecule has 37 heavy (non-hydrogen) atoms. The van der Waals surface area contributed by atoms with Crippen molar-refractivity contribution in [3.8, 4) is 0 Å². The number of aliphatic hydroxyl groups is 1. The van der Waals surface area contributed by atoms with Crippen LogP contribution in [0.15, 0.2) is 54.6 Å². The number of thioether (sulfide) groups is 1. The molecule has 1 aromatic carbocycles. The van der Waals surface area contributed by atoms with Gasteiger partial charge in [-0.15, -0.1) is 11.8 Å². The zero-order valence-corrected chi connectivity index (χ0v) is 22.1. The standard InChI is InChI=1S/C29H35N3O4S/c1-30-16-8-14-22-23(26(30)34)24-27(35)32(21(18-33)19-10-4-2-5-11-19)25-28(36)31(20-12-6-3-7-13-20)17-9-15-29(24,25)37-22/h2,4-5,8-11,14-15,20-25,33H,3,6-7,12-13,16-18H2,1H3/t21-,22-,23+,24+,25?,29+/m1/s1. The van der Waals surface area contributed by atoms with E-state index in [0.717, 1.165) is 31.2 Å². The molecule has 3 fully saturated rings. The van der Waals surface area contributed by atoms with Crippen LogP contribution in [0.5, 0.6) is 0 Å². The lowest BCUT2D eigenvalue weighted by molar-refractivity contribution is -0.147. The SMILES string of the molecule is CN1CC=C[C@H]2S[C@]34C=CCN(C5CCCCC5)C(=O)C3N([C@H](CO)c3ccccc3)C(=O)[C@@H]4[C@H]2C1=O. The van der Waals surface area contributed by atoms with Crippen LogP contribution in [0.2, 0.25) is 0 Å². The fourth-order valence-corrected chi connectivity index (χ4v) is 9.30. The third-order valence-electron chi connectivity index (χ3n) is 9.04. The topological polar surface area (TPSA) is 81.2 Å². The molecule has 5 aliphatic rings. The molecular formula is C29H35N3O4S. The minimum Gasteiger partial charge on any atom is -0.394 e. The van der Waals surface area contributed by atoms with Crippen molar-refractivity contribution in [3.63, 3.8) is 0 Å². The summed E-state index contributed by atoms with van der Waals surface area (Å²) in [4.78, 5) is 48.0. The molecule has 6 rings (SSSR count). The molecule has 1 aliphatic carbocycles. The molecule has 1 unspecified atom stereocenters. The van der Waals surface area contributed by atoms with Crippen LogP contribution in [0.3, 0.4) is 0 Å². The highest BCUT2D eigenvalue weighted by molar-refractivity contribution is 8.02. The smallest absolute Gasteiger partial charge is 0.247 e. The van der Waals surface area contributed by atoms with Gasteiger partial charge in [-0.3, -0.25) is 14.4 Å². The normalized spacial score (nSPS) is 34.8. The average molecular weight is 522 g/mol. The lowest BCUT2D eigenvalue weighted by Crippen LogP contribution is -2.56. The maximum Gasteiger partial charge on any atom is 0.247 e. The van der Waals surface area contributed by atoms with Crippen LogP contribution in [0.4, 0.5) is 0 Å². The molecule has 6 atom stereocenters. The third-order valence-corrected chi connectivity index (χ3v) is 10.8. The Morgan fingerprint density at radius 2 is 1.76 bits per heavy atom. The average Bonchev–Trinajstić information content (AvgIpc) is 3.24. The van der Waals surface area contributed by atoms with E-state index >= 15 is 0 Å². The van der Waals surface area contributed by atoms with Gasteiger partial charge in [0, 0.05) is 31.4 Å². The van der Waals surface area contributed by atoms with E-state index in [2.05, 4.69) is 18.2 Å². The quantitative estimate of drug-likeness (QED) is 0.617.